The van der Waals surface area contributed by atoms with Crippen molar-refractivity contribution >= 4 is 16.9 Å². The predicted octanol–water partition coefficient (Wildman–Crippen LogP) is 5.55. The van der Waals surface area contributed by atoms with Gasteiger partial charge >= 0.3 is 0 Å². The van der Waals surface area contributed by atoms with Gasteiger partial charge in [-0.15, -0.1) is 0 Å². The van der Waals surface area contributed by atoms with Crippen molar-refractivity contribution in [1.82, 2.24) is 4.90 Å². The molecule has 0 aliphatic carbocycles. The van der Waals surface area contributed by atoms with E-state index in [1.807, 2.05) is 87.5 Å². The quantitative estimate of drug-likeness (QED) is 0.409. The highest BCUT2D eigenvalue weighted by Crippen LogP contribution is 2.40. The largest absolute Gasteiger partial charge is 0.494 e. The monoisotopic (exact) mass is 439 g/mol. The zero-order chi connectivity index (χ0) is 23.1. The van der Waals surface area contributed by atoms with E-state index in [1.165, 1.54) is 0 Å². The molecule has 0 saturated heterocycles. The molecular formula is C28H25NO4. The molecule has 1 amide bonds. The van der Waals surface area contributed by atoms with Gasteiger partial charge in [-0.3, -0.25) is 9.59 Å². The molecule has 1 aliphatic rings. The van der Waals surface area contributed by atoms with Crippen LogP contribution in [0.4, 0.5) is 0 Å². The van der Waals surface area contributed by atoms with Crippen LogP contribution >= 0.6 is 0 Å². The second kappa shape index (κ2) is 8.24. The van der Waals surface area contributed by atoms with E-state index in [0.717, 1.165) is 28.0 Å². The smallest absolute Gasteiger partial charge is 0.291 e. The minimum Gasteiger partial charge on any atom is -0.494 e. The molecule has 1 aromatic heterocycles. The molecule has 1 aliphatic heterocycles. The van der Waals surface area contributed by atoms with E-state index in [4.69, 9.17) is 9.15 Å². The van der Waals surface area contributed by atoms with Crippen molar-refractivity contribution in [2.24, 2.45) is 0 Å². The second-order valence-corrected chi connectivity index (χ2v) is 8.46. The number of hydrogen-bond acceptors (Lipinski definition) is 4. The van der Waals surface area contributed by atoms with Crippen LogP contribution in [0.1, 0.15) is 51.3 Å². The van der Waals surface area contributed by atoms with Crippen molar-refractivity contribution in [3.63, 3.8) is 0 Å². The van der Waals surface area contributed by atoms with Crippen LogP contribution in [0.25, 0.3) is 11.0 Å². The number of fused-ring (bicyclic) bond motifs is 2. The van der Waals surface area contributed by atoms with Gasteiger partial charge in [-0.05, 0) is 61.2 Å². The summed E-state index contributed by atoms with van der Waals surface area (Å²) in [5.41, 5.74) is 4.38. The van der Waals surface area contributed by atoms with Crippen LogP contribution in [0.15, 0.2) is 75.9 Å². The summed E-state index contributed by atoms with van der Waals surface area (Å²) in [4.78, 5) is 29.1. The van der Waals surface area contributed by atoms with E-state index in [2.05, 4.69) is 0 Å². The van der Waals surface area contributed by atoms with Crippen molar-refractivity contribution in [1.29, 1.82) is 0 Å². The van der Waals surface area contributed by atoms with Gasteiger partial charge in [0, 0.05) is 6.54 Å². The molecule has 33 heavy (non-hydrogen) atoms. The molecule has 0 saturated carbocycles. The summed E-state index contributed by atoms with van der Waals surface area (Å²) >= 11 is 0. The second-order valence-electron chi connectivity index (χ2n) is 8.46. The molecule has 4 aromatic rings. The average molecular weight is 440 g/mol. The molecule has 0 N–H and O–H groups in total. The number of ether oxygens (including phenoxy) is 1. The first-order valence-electron chi connectivity index (χ1n) is 11.1. The van der Waals surface area contributed by atoms with Crippen molar-refractivity contribution in [3.8, 4) is 5.75 Å². The van der Waals surface area contributed by atoms with Gasteiger partial charge < -0.3 is 14.1 Å². The Morgan fingerprint density at radius 1 is 0.970 bits per heavy atom. The van der Waals surface area contributed by atoms with Gasteiger partial charge in [0.1, 0.15) is 11.3 Å². The van der Waals surface area contributed by atoms with E-state index in [0.29, 0.717) is 29.7 Å². The third kappa shape index (κ3) is 3.59. The number of rotatable bonds is 5. The highest BCUT2D eigenvalue weighted by molar-refractivity contribution is 5.99. The maximum Gasteiger partial charge on any atom is 0.291 e. The van der Waals surface area contributed by atoms with Gasteiger partial charge in [-0.25, -0.2) is 0 Å². The Bertz CT molecular complexity index is 1400. The molecule has 2 heterocycles. The zero-order valence-electron chi connectivity index (χ0n) is 18.9. The van der Waals surface area contributed by atoms with Gasteiger partial charge in [0.15, 0.2) is 5.43 Å². The molecule has 0 bridgehead atoms. The van der Waals surface area contributed by atoms with E-state index in [9.17, 15) is 9.59 Å². The SMILES string of the molecule is CCOc1ccc(C2c3c(oc4c(C)cc(C)cc4c3=O)C(=O)N2Cc2ccccc2)cc1. The van der Waals surface area contributed by atoms with Crippen LogP contribution in [0.3, 0.4) is 0 Å². The molecule has 5 heteroatoms. The zero-order valence-corrected chi connectivity index (χ0v) is 18.9. The minimum absolute atomic E-state index is 0.134. The molecule has 1 unspecified atom stereocenters. The third-order valence-electron chi connectivity index (χ3n) is 6.10. The lowest BCUT2D eigenvalue weighted by Gasteiger charge is -2.25. The van der Waals surface area contributed by atoms with E-state index in [-0.39, 0.29) is 17.1 Å². The third-order valence-corrected chi connectivity index (χ3v) is 6.10. The number of nitrogens with zero attached hydrogens (tertiary/aromatic N) is 1. The number of hydrogen-bond donors (Lipinski definition) is 0. The first-order chi connectivity index (χ1) is 16.0. The molecular weight excluding hydrogens is 414 g/mol. The molecule has 166 valence electrons. The summed E-state index contributed by atoms with van der Waals surface area (Å²) in [7, 11) is 0. The van der Waals surface area contributed by atoms with Crippen LogP contribution in [-0.4, -0.2) is 17.4 Å². The Morgan fingerprint density at radius 2 is 1.70 bits per heavy atom. The van der Waals surface area contributed by atoms with Gasteiger partial charge in [-0.2, -0.15) is 0 Å². The molecule has 5 rings (SSSR count). The lowest BCUT2D eigenvalue weighted by atomic mass is 9.97. The van der Waals surface area contributed by atoms with Gasteiger partial charge in [0.2, 0.25) is 5.76 Å². The number of amides is 1. The summed E-state index contributed by atoms with van der Waals surface area (Å²) in [6, 6.07) is 20.6. The fraction of sp³-hybridized carbons (Fsp3) is 0.214. The maximum atomic E-state index is 13.8. The Kier molecular flexibility index (Phi) is 5.25. The first kappa shape index (κ1) is 21.0. The Morgan fingerprint density at radius 3 is 2.39 bits per heavy atom. The van der Waals surface area contributed by atoms with Crippen LogP contribution in [-0.2, 0) is 6.54 Å². The number of carbonyl (C=O) groups excluding carboxylic acids is 1. The normalized spacial score (nSPS) is 15.2. The van der Waals surface area contributed by atoms with Crippen LogP contribution in [0.5, 0.6) is 5.75 Å². The lowest BCUT2D eigenvalue weighted by molar-refractivity contribution is 0.0714. The standard InChI is InChI=1S/C28H25NO4/c1-4-32-21-12-10-20(11-13-21)24-23-25(30)22-15-17(2)14-18(3)26(22)33-27(23)28(31)29(24)16-19-8-6-5-7-9-19/h5-15,24H,4,16H2,1-3H3. The van der Waals surface area contributed by atoms with Crippen LogP contribution < -0.4 is 10.2 Å². The maximum absolute atomic E-state index is 13.8. The molecule has 0 radical (unpaired) electrons. The van der Waals surface area contributed by atoms with E-state index in [1.54, 1.807) is 4.90 Å². The Hall–Kier alpha value is -3.86. The van der Waals surface area contributed by atoms with Crippen molar-refractivity contribution < 1.29 is 13.9 Å². The average Bonchev–Trinajstić information content (AvgIpc) is 3.08. The topological polar surface area (TPSA) is 59.8 Å². The summed E-state index contributed by atoms with van der Waals surface area (Å²) in [6.45, 7) is 6.72. The summed E-state index contributed by atoms with van der Waals surface area (Å²) in [6.07, 6.45) is 0. The van der Waals surface area contributed by atoms with Gasteiger partial charge in [-0.1, -0.05) is 48.5 Å². The predicted molar refractivity (Wildman–Crippen MR) is 128 cm³/mol. The summed E-state index contributed by atoms with van der Waals surface area (Å²) in [5.74, 6) is 0.609. The molecule has 5 nitrogen and oxygen atoms in total. The lowest BCUT2D eigenvalue weighted by Crippen LogP contribution is -2.29. The number of benzene rings is 3. The van der Waals surface area contributed by atoms with E-state index < -0.39 is 6.04 Å². The van der Waals surface area contributed by atoms with Crippen molar-refractivity contribution in [3.05, 3.63) is 111 Å². The van der Waals surface area contributed by atoms with Crippen molar-refractivity contribution in [2.75, 3.05) is 6.61 Å². The van der Waals surface area contributed by atoms with Crippen LogP contribution in [0.2, 0.25) is 0 Å². The van der Waals surface area contributed by atoms with Crippen LogP contribution in [0, 0.1) is 13.8 Å². The number of carbonyl (C=O) groups is 1. The van der Waals surface area contributed by atoms with Crippen molar-refractivity contribution in [2.45, 2.75) is 33.4 Å². The fourth-order valence-electron chi connectivity index (χ4n) is 4.68. The molecule has 0 fully saturated rings. The Balaban J connectivity index is 1.72. The van der Waals surface area contributed by atoms with Gasteiger partial charge in [0.05, 0.1) is 23.6 Å². The Labute approximate surface area is 192 Å². The van der Waals surface area contributed by atoms with E-state index >= 15 is 0 Å². The highest BCUT2D eigenvalue weighted by atomic mass is 16.5. The summed E-state index contributed by atoms with van der Waals surface area (Å²) in [5, 5.41) is 0.511. The molecule has 0 spiro atoms. The molecule has 3 aromatic carbocycles. The fourth-order valence-corrected chi connectivity index (χ4v) is 4.68. The highest BCUT2D eigenvalue weighted by Gasteiger charge is 2.42. The minimum atomic E-state index is -0.537. The molecule has 1 atom stereocenters. The first-order valence-corrected chi connectivity index (χ1v) is 11.1. The number of aryl methyl sites for hydroxylation is 2. The summed E-state index contributed by atoms with van der Waals surface area (Å²) < 4.78 is 11.7. The van der Waals surface area contributed by atoms with Gasteiger partial charge in [0.25, 0.3) is 5.91 Å².